The second-order valence-corrected chi connectivity index (χ2v) is 20.6. The number of esters is 3. The maximum absolute atomic E-state index is 12.8. The Balaban J connectivity index is 3.97. The van der Waals surface area contributed by atoms with Crippen LogP contribution in [0.1, 0.15) is 310 Å². The van der Waals surface area contributed by atoms with Gasteiger partial charge in [0.2, 0.25) is 0 Å². The molecule has 0 bridgehead atoms. The zero-order valence-electron chi connectivity index (χ0n) is 47.7. The molecular formula is C66H116O6. The molecule has 0 aliphatic heterocycles. The predicted molar refractivity (Wildman–Crippen MR) is 311 cm³/mol. The Bertz CT molecular complexity index is 1340. The molecule has 0 spiro atoms. The van der Waals surface area contributed by atoms with Gasteiger partial charge in [-0.1, -0.05) is 273 Å². The number of carbonyl (C=O) groups excluding carboxylic acids is 3. The molecule has 0 aromatic rings. The molecular weight excluding hydrogens is 889 g/mol. The molecule has 0 rings (SSSR count). The molecule has 0 aliphatic carbocycles. The zero-order valence-corrected chi connectivity index (χ0v) is 47.7. The van der Waals surface area contributed by atoms with Gasteiger partial charge in [0.1, 0.15) is 13.2 Å². The van der Waals surface area contributed by atoms with Crippen molar-refractivity contribution < 1.29 is 28.6 Å². The van der Waals surface area contributed by atoms with E-state index in [1.54, 1.807) is 0 Å². The number of rotatable bonds is 56. The first-order valence-electron chi connectivity index (χ1n) is 30.9. The standard InChI is InChI=1S/C66H116O6/c1-4-7-10-13-15-17-19-21-23-25-27-28-29-30-31-32-33-34-35-36-37-38-39-41-42-44-46-48-50-53-56-59-65(68)71-62-63(61-70-64(67)58-55-52-12-9-6-3)72-66(69)60-57-54-51-49-47-45-43-40-26-24-22-20-18-16-14-11-8-5-2/h7,10,15,17-18,20-21,23-24,26-28,63H,4-6,8-9,11-14,16,19,22,25,29-62H2,1-3H3/b10-7-,17-15-,20-18-,23-21-,26-24-,28-27-. The highest BCUT2D eigenvalue weighted by Crippen LogP contribution is 2.17. The molecule has 0 saturated carbocycles. The number of allylic oxidation sites excluding steroid dienone is 12. The van der Waals surface area contributed by atoms with Crippen molar-refractivity contribution in [3.8, 4) is 0 Å². The van der Waals surface area contributed by atoms with E-state index in [-0.39, 0.29) is 31.1 Å². The van der Waals surface area contributed by atoms with Crippen LogP contribution in [0.15, 0.2) is 72.9 Å². The summed E-state index contributed by atoms with van der Waals surface area (Å²) >= 11 is 0. The van der Waals surface area contributed by atoms with Gasteiger partial charge in [0.25, 0.3) is 0 Å². The molecule has 0 aromatic carbocycles. The summed E-state index contributed by atoms with van der Waals surface area (Å²) in [6, 6.07) is 0. The second kappa shape index (κ2) is 60.4. The maximum Gasteiger partial charge on any atom is 0.306 e. The van der Waals surface area contributed by atoms with E-state index >= 15 is 0 Å². The molecule has 416 valence electrons. The van der Waals surface area contributed by atoms with Crippen molar-refractivity contribution in [1.82, 2.24) is 0 Å². The van der Waals surface area contributed by atoms with E-state index < -0.39 is 6.10 Å². The number of carbonyl (C=O) groups is 3. The van der Waals surface area contributed by atoms with E-state index in [1.807, 2.05) is 0 Å². The summed E-state index contributed by atoms with van der Waals surface area (Å²) in [6.07, 6.45) is 78.2. The van der Waals surface area contributed by atoms with Crippen molar-refractivity contribution in [1.29, 1.82) is 0 Å². The molecule has 0 heterocycles. The van der Waals surface area contributed by atoms with E-state index in [1.165, 1.54) is 167 Å². The molecule has 0 aliphatic rings. The first-order chi connectivity index (χ1) is 35.5. The molecule has 1 atom stereocenters. The van der Waals surface area contributed by atoms with Gasteiger partial charge in [-0.15, -0.1) is 0 Å². The number of unbranched alkanes of at least 4 members (excludes halogenated alkanes) is 33. The molecule has 0 radical (unpaired) electrons. The van der Waals surface area contributed by atoms with Crippen LogP contribution in [0.25, 0.3) is 0 Å². The van der Waals surface area contributed by atoms with E-state index in [0.717, 1.165) is 103 Å². The van der Waals surface area contributed by atoms with Gasteiger partial charge >= 0.3 is 17.9 Å². The SMILES string of the molecule is CC/C=C\C/C=C\C/C=C\C/C=C\CCCCCCCCCCCCCCCCCCCCC(=O)OCC(COC(=O)CCCCCCC)OC(=O)CCCCCCCCC/C=C\C/C=C\CCCCCC. The largest absolute Gasteiger partial charge is 0.462 e. The highest BCUT2D eigenvalue weighted by atomic mass is 16.6. The minimum Gasteiger partial charge on any atom is -0.462 e. The van der Waals surface area contributed by atoms with Crippen molar-refractivity contribution in [2.45, 2.75) is 316 Å². The molecule has 0 amide bonds. The summed E-state index contributed by atoms with van der Waals surface area (Å²) in [5.41, 5.74) is 0. The van der Waals surface area contributed by atoms with Crippen LogP contribution < -0.4 is 0 Å². The number of ether oxygens (including phenoxy) is 3. The fourth-order valence-corrected chi connectivity index (χ4v) is 8.82. The maximum atomic E-state index is 12.8. The lowest BCUT2D eigenvalue weighted by Gasteiger charge is -2.18. The quantitative estimate of drug-likeness (QED) is 0.0261. The summed E-state index contributed by atoms with van der Waals surface area (Å²) in [7, 11) is 0. The highest BCUT2D eigenvalue weighted by molar-refractivity contribution is 5.71. The van der Waals surface area contributed by atoms with Crippen molar-refractivity contribution >= 4 is 17.9 Å². The minimum absolute atomic E-state index is 0.0754. The van der Waals surface area contributed by atoms with Gasteiger partial charge in [-0.25, -0.2) is 0 Å². The van der Waals surface area contributed by atoms with E-state index in [9.17, 15) is 14.4 Å². The van der Waals surface area contributed by atoms with Gasteiger partial charge in [0.15, 0.2) is 6.10 Å². The highest BCUT2D eigenvalue weighted by Gasteiger charge is 2.19. The first-order valence-corrected chi connectivity index (χ1v) is 30.9. The van der Waals surface area contributed by atoms with Crippen LogP contribution in [0.2, 0.25) is 0 Å². The fraction of sp³-hybridized carbons (Fsp3) is 0.773. The Labute approximate surface area is 446 Å². The molecule has 72 heavy (non-hydrogen) atoms. The van der Waals surface area contributed by atoms with E-state index in [4.69, 9.17) is 14.2 Å². The van der Waals surface area contributed by atoms with Gasteiger partial charge in [-0.05, 0) is 89.9 Å². The van der Waals surface area contributed by atoms with Crippen molar-refractivity contribution in [2.75, 3.05) is 13.2 Å². The monoisotopic (exact) mass is 1000 g/mol. The normalized spacial score (nSPS) is 12.5. The first kappa shape index (κ1) is 68.8. The van der Waals surface area contributed by atoms with Crippen LogP contribution in [-0.2, 0) is 28.6 Å². The Hall–Kier alpha value is -3.15. The Morgan fingerprint density at radius 2 is 0.542 bits per heavy atom. The molecule has 0 fully saturated rings. The summed E-state index contributed by atoms with van der Waals surface area (Å²) in [6.45, 7) is 6.45. The third kappa shape index (κ3) is 57.7. The Morgan fingerprint density at radius 1 is 0.292 bits per heavy atom. The lowest BCUT2D eigenvalue weighted by molar-refractivity contribution is -0.167. The predicted octanol–water partition coefficient (Wildman–Crippen LogP) is 20.9. The average Bonchev–Trinajstić information content (AvgIpc) is 3.38. The lowest BCUT2D eigenvalue weighted by Crippen LogP contribution is -2.30. The van der Waals surface area contributed by atoms with Crippen LogP contribution in [0.4, 0.5) is 0 Å². The Kier molecular flexibility index (Phi) is 57.8. The van der Waals surface area contributed by atoms with Gasteiger partial charge in [0, 0.05) is 19.3 Å². The zero-order chi connectivity index (χ0) is 52.2. The van der Waals surface area contributed by atoms with Crippen LogP contribution in [0.5, 0.6) is 0 Å². The number of hydrogen-bond acceptors (Lipinski definition) is 6. The summed E-state index contributed by atoms with van der Waals surface area (Å²) in [4.78, 5) is 37.9. The molecule has 1 unspecified atom stereocenters. The third-order valence-corrected chi connectivity index (χ3v) is 13.4. The topological polar surface area (TPSA) is 78.9 Å². The van der Waals surface area contributed by atoms with Crippen LogP contribution >= 0.6 is 0 Å². The smallest absolute Gasteiger partial charge is 0.306 e. The van der Waals surface area contributed by atoms with Crippen LogP contribution in [0.3, 0.4) is 0 Å². The minimum atomic E-state index is -0.774. The van der Waals surface area contributed by atoms with E-state index in [0.29, 0.717) is 19.3 Å². The van der Waals surface area contributed by atoms with E-state index in [2.05, 4.69) is 93.7 Å². The van der Waals surface area contributed by atoms with Crippen molar-refractivity contribution in [2.24, 2.45) is 0 Å². The summed E-state index contributed by atoms with van der Waals surface area (Å²) in [5.74, 6) is -0.886. The van der Waals surface area contributed by atoms with Gasteiger partial charge in [-0.2, -0.15) is 0 Å². The third-order valence-electron chi connectivity index (χ3n) is 13.4. The Morgan fingerprint density at radius 3 is 0.861 bits per heavy atom. The van der Waals surface area contributed by atoms with Crippen LogP contribution in [-0.4, -0.2) is 37.2 Å². The van der Waals surface area contributed by atoms with Crippen molar-refractivity contribution in [3.63, 3.8) is 0 Å². The summed E-state index contributed by atoms with van der Waals surface area (Å²) in [5, 5.41) is 0. The summed E-state index contributed by atoms with van der Waals surface area (Å²) < 4.78 is 16.7. The molecule has 6 nitrogen and oxygen atoms in total. The average molecular weight is 1010 g/mol. The van der Waals surface area contributed by atoms with Crippen LogP contribution in [0, 0.1) is 0 Å². The van der Waals surface area contributed by atoms with Gasteiger partial charge < -0.3 is 14.2 Å². The van der Waals surface area contributed by atoms with Gasteiger partial charge in [-0.3, -0.25) is 14.4 Å². The fourth-order valence-electron chi connectivity index (χ4n) is 8.82. The number of hydrogen-bond donors (Lipinski definition) is 0. The lowest BCUT2D eigenvalue weighted by atomic mass is 10.0. The molecule has 6 heteroatoms. The second-order valence-electron chi connectivity index (χ2n) is 20.6. The molecule has 0 aromatic heterocycles. The van der Waals surface area contributed by atoms with Gasteiger partial charge in [0.05, 0.1) is 0 Å². The van der Waals surface area contributed by atoms with Crippen molar-refractivity contribution in [3.05, 3.63) is 72.9 Å². The molecule has 0 N–H and O–H groups in total. The molecule has 0 saturated heterocycles.